The van der Waals surface area contributed by atoms with E-state index in [0.29, 0.717) is 6.54 Å². The van der Waals surface area contributed by atoms with Gasteiger partial charge < -0.3 is 5.73 Å². The van der Waals surface area contributed by atoms with Gasteiger partial charge >= 0.3 is 0 Å². The lowest BCUT2D eigenvalue weighted by molar-refractivity contribution is 0.0927. The van der Waals surface area contributed by atoms with Crippen molar-refractivity contribution in [3.63, 3.8) is 0 Å². The van der Waals surface area contributed by atoms with Gasteiger partial charge in [-0.3, -0.25) is 4.90 Å². The highest BCUT2D eigenvalue weighted by Crippen LogP contribution is 2.02. The Morgan fingerprint density at radius 2 is 1.91 bits per heavy atom. The minimum Gasteiger partial charge on any atom is -0.324 e. The molecule has 0 fully saturated rings. The van der Waals surface area contributed by atoms with E-state index < -0.39 is 12.0 Å². The molecular weight excluding hydrogens is 150 g/mol. The Balaban J connectivity index is 3.61. The van der Waals surface area contributed by atoms with Crippen molar-refractivity contribution in [3.05, 3.63) is 0 Å². The van der Waals surface area contributed by atoms with Gasteiger partial charge in [-0.05, 0) is 20.9 Å². The molecule has 0 atom stereocenters. The fourth-order valence-electron chi connectivity index (χ4n) is 0.996. The molecule has 11 heavy (non-hydrogen) atoms. The van der Waals surface area contributed by atoms with Gasteiger partial charge in [0.2, 0.25) is 0 Å². The minimum atomic E-state index is -2.28. The van der Waals surface area contributed by atoms with Gasteiger partial charge in [0.1, 0.15) is 0 Å². The molecule has 0 bridgehead atoms. The van der Waals surface area contributed by atoms with Crippen molar-refractivity contribution in [3.8, 4) is 0 Å². The summed E-state index contributed by atoms with van der Waals surface area (Å²) in [5, 5.41) is 0. The molecule has 0 aromatic carbocycles. The van der Waals surface area contributed by atoms with E-state index in [2.05, 4.69) is 0 Å². The standard InChI is InChI=1S/C7H16F2N2/c1-7(2,10)5-11(3)4-6(8)9/h6H,4-5,10H2,1-3H3. The summed E-state index contributed by atoms with van der Waals surface area (Å²) in [6.45, 7) is 3.90. The summed E-state index contributed by atoms with van der Waals surface area (Å²) in [5.74, 6) is 0. The quantitative estimate of drug-likeness (QED) is 0.673. The Labute approximate surface area is 66.4 Å². The Morgan fingerprint density at radius 1 is 1.45 bits per heavy atom. The first-order valence-corrected chi connectivity index (χ1v) is 3.57. The van der Waals surface area contributed by atoms with Crippen LogP contribution in [-0.4, -0.2) is 37.0 Å². The second kappa shape index (κ2) is 3.97. The Morgan fingerprint density at radius 3 is 2.18 bits per heavy atom. The van der Waals surface area contributed by atoms with Crippen molar-refractivity contribution >= 4 is 0 Å². The van der Waals surface area contributed by atoms with E-state index in [1.54, 1.807) is 7.05 Å². The highest BCUT2D eigenvalue weighted by atomic mass is 19.3. The molecule has 2 N–H and O–H groups in total. The molecule has 0 saturated carbocycles. The van der Waals surface area contributed by atoms with Crippen molar-refractivity contribution in [1.29, 1.82) is 0 Å². The van der Waals surface area contributed by atoms with Crippen LogP contribution < -0.4 is 5.73 Å². The predicted molar refractivity (Wildman–Crippen MR) is 41.8 cm³/mol. The minimum absolute atomic E-state index is 0.208. The highest BCUT2D eigenvalue weighted by Gasteiger charge is 2.16. The largest absolute Gasteiger partial charge is 0.324 e. The van der Waals surface area contributed by atoms with Crippen LogP contribution in [0.3, 0.4) is 0 Å². The van der Waals surface area contributed by atoms with Gasteiger partial charge in [0, 0.05) is 12.1 Å². The van der Waals surface area contributed by atoms with E-state index in [1.165, 1.54) is 4.90 Å². The van der Waals surface area contributed by atoms with Crippen LogP contribution in [0.2, 0.25) is 0 Å². The van der Waals surface area contributed by atoms with Gasteiger partial charge in [-0.1, -0.05) is 0 Å². The van der Waals surface area contributed by atoms with E-state index in [-0.39, 0.29) is 6.54 Å². The zero-order valence-corrected chi connectivity index (χ0v) is 7.27. The monoisotopic (exact) mass is 166 g/mol. The maximum atomic E-state index is 11.8. The number of alkyl halides is 2. The normalized spacial score (nSPS) is 13.1. The summed E-state index contributed by atoms with van der Waals surface area (Å²) >= 11 is 0. The van der Waals surface area contributed by atoms with Crippen LogP contribution in [0.15, 0.2) is 0 Å². The van der Waals surface area contributed by atoms with Gasteiger partial charge in [0.25, 0.3) is 6.43 Å². The van der Waals surface area contributed by atoms with Gasteiger partial charge in [0.05, 0.1) is 6.54 Å². The van der Waals surface area contributed by atoms with Crippen molar-refractivity contribution in [2.75, 3.05) is 20.1 Å². The number of likely N-dealkylation sites (N-methyl/N-ethyl adjacent to an activating group) is 1. The molecule has 0 aromatic rings. The summed E-state index contributed by atoms with van der Waals surface area (Å²) < 4.78 is 23.6. The molecule has 0 amide bonds. The molecule has 0 aliphatic heterocycles. The maximum Gasteiger partial charge on any atom is 0.251 e. The van der Waals surface area contributed by atoms with Crippen LogP contribution in [0.5, 0.6) is 0 Å². The zero-order valence-electron chi connectivity index (χ0n) is 7.27. The number of halogens is 2. The summed E-state index contributed by atoms with van der Waals surface area (Å²) in [6, 6.07) is 0. The molecular formula is C7H16F2N2. The van der Waals surface area contributed by atoms with E-state index in [9.17, 15) is 8.78 Å². The maximum absolute atomic E-state index is 11.8. The second-order valence-corrected chi connectivity index (χ2v) is 3.58. The highest BCUT2D eigenvalue weighted by molar-refractivity contribution is 4.75. The molecule has 0 radical (unpaired) electrons. The molecule has 0 spiro atoms. The van der Waals surface area contributed by atoms with Crippen molar-refractivity contribution in [2.45, 2.75) is 25.8 Å². The lowest BCUT2D eigenvalue weighted by Crippen LogP contribution is -2.45. The second-order valence-electron chi connectivity index (χ2n) is 3.58. The van der Waals surface area contributed by atoms with Gasteiger partial charge in [-0.25, -0.2) is 8.78 Å². The van der Waals surface area contributed by atoms with Gasteiger partial charge in [-0.15, -0.1) is 0 Å². The molecule has 0 aromatic heterocycles. The molecule has 68 valence electrons. The first-order chi connectivity index (χ1) is 4.81. The van der Waals surface area contributed by atoms with Gasteiger partial charge in [-0.2, -0.15) is 0 Å². The van der Waals surface area contributed by atoms with Crippen molar-refractivity contribution < 1.29 is 8.78 Å². The lowest BCUT2D eigenvalue weighted by atomic mass is 10.1. The topological polar surface area (TPSA) is 29.3 Å². The first kappa shape index (κ1) is 10.8. The molecule has 4 heteroatoms. The molecule has 0 heterocycles. The van der Waals surface area contributed by atoms with Crippen molar-refractivity contribution in [1.82, 2.24) is 4.90 Å². The van der Waals surface area contributed by atoms with E-state index in [1.807, 2.05) is 13.8 Å². The lowest BCUT2D eigenvalue weighted by Gasteiger charge is -2.25. The third-order valence-electron chi connectivity index (χ3n) is 1.13. The zero-order chi connectivity index (χ0) is 9.07. The number of rotatable bonds is 4. The third-order valence-corrected chi connectivity index (χ3v) is 1.13. The average molecular weight is 166 g/mol. The smallest absolute Gasteiger partial charge is 0.251 e. The molecule has 0 rings (SSSR count). The van der Waals surface area contributed by atoms with Crippen LogP contribution in [-0.2, 0) is 0 Å². The van der Waals surface area contributed by atoms with Crippen molar-refractivity contribution in [2.24, 2.45) is 5.73 Å². The number of nitrogens with zero attached hydrogens (tertiary/aromatic N) is 1. The number of hydrogen-bond donors (Lipinski definition) is 1. The fourth-order valence-corrected chi connectivity index (χ4v) is 0.996. The van der Waals surface area contributed by atoms with Crippen LogP contribution in [0.1, 0.15) is 13.8 Å². The molecule has 0 aliphatic carbocycles. The fraction of sp³-hybridized carbons (Fsp3) is 1.00. The molecule has 0 aliphatic rings. The van der Waals surface area contributed by atoms with E-state index in [0.717, 1.165) is 0 Å². The summed E-state index contributed by atoms with van der Waals surface area (Å²) in [5.41, 5.74) is 5.23. The molecule has 2 nitrogen and oxygen atoms in total. The van der Waals surface area contributed by atoms with E-state index in [4.69, 9.17) is 5.73 Å². The van der Waals surface area contributed by atoms with Crippen LogP contribution in [0.25, 0.3) is 0 Å². The molecule has 0 unspecified atom stereocenters. The number of hydrogen-bond acceptors (Lipinski definition) is 2. The van der Waals surface area contributed by atoms with Gasteiger partial charge in [0.15, 0.2) is 0 Å². The summed E-state index contributed by atoms with van der Waals surface area (Å²) in [4.78, 5) is 1.53. The van der Waals surface area contributed by atoms with Crippen LogP contribution in [0.4, 0.5) is 8.78 Å². The Hall–Kier alpha value is -0.220. The predicted octanol–water partition coefficient (Wildman–Crippen LogP) is 0.921. The molecule has 0 saturated heterocycles. The summed E-state index contributed by atoms with van der Waals surface area (Å²) in [6.07, 6.45) is -2.28. The third kappa shape index (κ3) is 7.68. The van der Waals surface area contributed by atoms with Crippen LogP contribution in [0, 0.1) is 0 Å². The SMILES string of the molecule is CN(CC(F)F)CC(C)(C)N. The number of nitrogens with two attached hydrogens (primary N) is 1. The Kier molecular flexibility index (Phi) is 3.89. The Bertz CT molecular complexity index is 109. The average Bonchev–Trinajstić information content (AvgIpc) is 1.53. The first-order valence-electron chi connectivity index (χ1n) is 3.57. The summed E-state index contributed by atoms with van der Waals surface area (Å²) in [7, 11) is 1.64. The van der Waals surface area contributed by atoms with Crippen LogP contribution >= 0.6 is 0 Å². The van der Waals surface area contributed by atoms with E-state index >= 15 is 0 Å².